The summed E-state index contributed by atoms with van der Waals surface area (Å²) in [6, 6.07) is 4.10. The van der Waals surface area contributed by atoms with Crippen LogP contribution in [0.3, 0.4) is 0 Å². The fourth-order valence-corrected chi connectivity index (χ4v) is 1.27. The van der Waals surface area contributed by atoms with Crippen molar-refractivity contribution in [3.8, 4) is 5.75 Å². The number of hydrogen-bond acceptors (Lipinski definition) is 2. The van der Waals surface area contributed by atoms with Crippen molar-refractivity contribution in [2.24, 2.45) is 5.73 Å². The zero-order chi connectivity index (χ0) is 10.8. The van der Waals surface area contributed by atoms with Crippen molar-refractivity contribution < 1.29 is 13.9 Å². The first-order chi connectivity index (χ1) is 6.47. The first kappa shape index (κ1) is 10.9. The predicted octanol–water partition coefficient (Wildman–Crippen LogP) is 2.14. The third-order valence-electron chi connectivity index (χ3n) is 2.01. The van der Waals surface area contributed by atoms with Gasteiger partial charge in [0.05, 0.1) is 5.56 Å². The van der Waals surface area contributed by atoms with Gasteiger partial charge in [-0.1, -0.05) is 6.07 Å². The standard InChI is InChI=1S/C10H13F2NO/c1-7-2-3-8(9(14)6-7)10(11,12)4-5-13/h2-3,6,14H,4-5,13H2,1H3. The van der Waals surface area contributed by atoms with Crippen LogP contribution in [0.15, 0.2) is 18.2 Å². The second-order valence-corrected chi connectivity index (χ2v) is 3.26. The normalized spacial score (nSPS) is 11.7. The SMILES string of the molecule is Cc1ccc(C(F)(F)CCN)c(O)c1. The number of benzene rings is 1. The Morgan fingerprint density at radius 3 is 2.57 bits per heavy atom. The van der Waals surface area contributed by atoms with Crippen LogP contribution in [0.4, 0.5) is 8.78 Å². The smallest absolute Gasteiger partial charge is 0.278 e. The second kappa shape index (κ2) is 3.92. The van der Waals surface area contributed by atoms with Crippen LogP contribution in [0.2, 0.25) is 0 Å². The highest BCUT2D eigenvalue weighted by Gasteiger charge is 2.33. The van der Waals surface area contributed by atoms with Crippen LogP contribution < -0.4 is 5.73 Å². The molecule has 0 bridgehead atoms. The molecular formula is C10H13F2NO. The van der Waals surface area contributed by atoms with Crippen LogP contribution in [-0.4, -0.2) is 11.7 Å². The summed E-state index contributed by atoms with van der Waals surface area (Å²) in [4.78, 5) is 0. The van der Waals surface area contributed by atoms with E-state index in [1.165, 1.54) is 12.1 Å². The van der Waals surface area contributed by atoms with E-state index in [0.717, 1.165) is 5.56 Å². The minimum absolute atomic E-state index is 0.111. The van der Waals surface area contributed by atoms with E-state index >= 15 is 0 Å². The zero-order valence-corrected chi connectivity index (χ0v) is 7.93. The Bertz CT molecular complexity index is 326. The summed E-state index contributed by atoms with van der Waals surface area (Å²) < 4.78 is 26.6. The van der Waals surface area contributed by atoms with Gasteiger partial charge in [0.2, 0.25) is 0 Å². The molecule has 0 saturated heterocycles. The number of nitrogens with two attached hydrogens (primary N) is 1. The van der Waals surface area contributed by atoms with E-state index in [4.69, 9.17) is 5.73 Å². The number of hydrogen-bond donors (Lipinski definition) is 2. The molecule has 0 aliphatic carbocycles. The third kappa shape index (κ3) is 2.20. The summed E-state index contributed by atoms with van der Waals surface area (Å²) in [5.74, 6) is -3.42. The monoisotopic (exact) mass is 201 g/mol. The van der Waals surface area contributed by atoms with Crippen LogP contribution in [0.25, 0.3) is 0 Å². The van der Waals surface area contributed by atoms with E-state index in [-0.39, 0.29) is 17.9 Å². The number of phenolic OH excluding ortho intramolecular Hbond substituents is 1. The Morgan fingerprint density at radius 2 is 2.07 bits per heavy atom. The molecule has 78 valence electrons. The van der Waals surface area contributed by atoms with Gasteiger partial charge < -0.3 is 10.8 Å². The molecule has 3 N–H and O–H groups in total. The van der Waals surface area contributed by atoms with E-state index < -0.39 is 12.3 Å². The molecule has 1 rings (SSSR count). The van der Waals surface area contributed by atoms with E-state index in [9.17, 15) is 13.9 Å². The Morgan fingerprint density at radius 1 is 1.43 bits per heavy atom. The molecule has 0 aromatic heterocycles. The molecule has 0 radical (unpaired) electrons. The maximum atomic E-state index is 13.3. The highest BCUT2D eigenvalue weighted by atomic mass is 19.3. The summed E-state index contributed by atoms with van der Waals surface area (Å²) in [6.07, 6.45) is -0.455. The molecule has 1 aromatic carbocycles. The minimum atomic E-state index is -3.05. The van der Waals surface area contributed by atoms with Crippen LogP contribution in [0, 0.1) is 6.92 Å². The van der Waals surface area contributed by atoms with Crippen molar-refractivity contribution in [1.82, 2.24) is 0 Å². The van der Waals surface area contributed by atoms with Crippen molar-refractivity contribution in [1.29, 1.82) is 0 Å². The Hall–Kier alpha value is -1.16. The maximum Gasteiger partial charge on any atom is 0.278 e. The Balaban J connectivity index is 3.06. The quantitative estimate of drug-likeness (QED) is 0.787. The molecule has 0 spiro atoms. The van der Waals surface area contributed by atoms with Gasteiger partial charge in [-0.3, -0.25) is 0 Å². The van der Waals surface area contributed by atoms with E-state index in [2.05, 4.69) is 0 Å². The molecule has 1 aromatic rings. The maximum absolute atomic E-state index is 13.3. The topological polar surface area (TPSA) is 46.2 Å². The molecule has 0 saturated carbocycles. The first-order valence-corrected chi connectivity index (χ1v) is 4.35. The molecule has 0 atom stereocenters. The lowest BCUT2D eigenvalue weighted by atomic mass is 10.0. The number of phenols is 1. The first-order valence-electron chi connectivity index (χ1n) is 4.35. The number of aromatic hydroxyl groups is 1. The van der Waals surface area contributed by atoms with E-state index in [0.29, 0.717) is 0 Å². The lowest BCUT2D eigenvalue weighted by Gasteiger charge is -2.17. The summed E-state index contributed by atoms with van der Waals surface area (Å²) in [7, 11) is 0. The van der Waals surface area contributed by atoms with Crippen molar-refractivity contribution >= 4 is 0 Å². The molecule has 4 heteroatoms. The van der Waals surface area contributed by atoms with Gasteiger partial charge in [-0.25, -0.2) is 8.78 Å². The zero-order valence-electron chi connectivity index (χ0n) is 7.93. The third-order valence-corrected chi connectivity index (χ3v) is 2.01. The highest BCUT2D eigenvalue weighted by molar-refractivity contribution is 5.38. The van der Waals surface area contributed by atoms with Crippen LogP contribution in [0.5, 0.6) is 5.75 Å². The Kier molecular flexibility index (Phi) is 3.06. The molecule has 14 heavy (non-hydrogen) atoms. The Labute approximate surface area is 81.4 Å². The van der Waals surface area contributed by atoms with E-state index in [1.54, 1.807) is 13.0 Å². The highest BCUT2D eigenvalue weighted by Crippen LogP contribution is 2.36. The molecule has 0 amide bonds. The average Bonchev–Trinajstić information content (AvgIpc) is 2.02. The van der Waals surface area contributed by atoms with Gasteiger partial charge in [0.15, 0.2) is 0 Å². The molecule has 2 nitrogen and oxygen atoms in total. The van der Waals surface area contributed by atoms with Crippen molar-refractivity contribution in [2.45, 2.75) is 19.3 Å². The summed E-state index contributed by atoms with van der Waals surface area (Å²) in [5, 5.41) is 9.33. The number of aryl methyl sites for hydroxylation is 1. The number of rotatable bonds is 3. The van der Waals surface area contributed by atoms with Gasteiger partial charge in [0, 0.05) is 6.42 Å². The van der Waals surface area contributed by atoms with Gasteiger partial charge in [-0.05, 0) is 31.2 Å². The van der Waals surface area contributed by atoms with Gasteiger partial charge in [-0.2, -0.15) is 0 Å². The molecule has 0 aliphatic heterocycles. The number of halogens is 2. The van der Waals surface area contributed by atoms with Crippen molar-refractivity contribution in [2.75, 3.05) is 6.54 Å². The largest absolute Gasteiger partial charge is 0.507 e. The fourth-order valence-electron chi connectivity index (χ4n) is 1.27. The number of alkyl halides is 2. The second-order valence-electron chi connectivity index (χ2n) is 3.26. The minimum Gasteiger partial charge on any atom is -0.507 e. The van der Waals surface area contributed by atoms with Gasteiger partial charge in [0.25, 0.3) is 5.92 Å². The average molecular weight is 201 g/mol. The summed E-state index contributed by atoms with van der Waals surface area (Å²) >= 11 is 0. The molecule has 0 aliphatic rings. The molecule has 0 unspecified atom stereocenters. The van der Waals surface area contributed by atoms with Crippen molar-refractivity contribution in [3.05, 3.63) is 29.3 Å². The van der Waals surface area contributed by atoms with Crippen LogP contribution in [-0.2, 0) is 5.92 Å². The lowest BCUT2D eigenvalue weighted by Crippen LogP contribution is -2.18. The van der Waals surface area contributed by atoms with Crippen LogP contribution in [0.1, 0.15) is 17.5 Å². The molecule has 0 fully saturated rings. The molecule has 0 heterocycles. The van der Waals surface area contributed by atoms with Gasteiger partial charge in [-0.15, -0.1) is 0 Å². The van der Waals surface area contributed by atoms with Gasteiger partial charge >= 0.3 is 0 Å². The van der Waals surface area contributed by atoms with Crippen LogP contribution >= 0.6 is 0 Å². The van der Waals surface area contributed by atoms with E-state index in [1.807, 2.05) is 0 Å². The summed E-state index contributed by atoms with van der Waals surface area (Å²) in [5.41, 5.74) is 5.46. The molecular weight excluding hydrogens is 188 g/mol. The summed E-state index contributed by atoms with van der Waals surface area (Å²) in [6.45, 7) is 1.62. The van der Waals surface area contributed by atoms with Gasteiger partial charge in [0.1, 0.15) is 5.75 Å². The predicted molar refractivity (Wildman–Crippen MR) is 50.4 cm³/mol. The fraction of sp³-hybridized carbons (Fsp3) is 0.400. The lowest BCUT2D eigenvalue weighted by molar-refractivity contribution is -0.0127. The van der Waals surface area contributed by atoms with Crippen molar-refractivity contribution in [3.63, 3.8) is 0 Å².